The lowest BCUT2D eigenvalue weighted by Gasteiger charge is -2.32. The van der Waals surface area contributed by atoms with Crippen LogP contribution in [-0.2, 0) is 0 Å². The summed E-state index contributed by atoms with van der Waals surface area (Å²) in [5, 5.41) is 7.61. The number of anilines is 3. The third-order valence-corrected chi connectivity index (χ3v) is 8.00. The zero-order valence-electron chi connectivity index (χ0n) is 22.6. The predicted octanol–water partition coefficient (Wildman–Crippen LogP) is 5.95. The van der Waals surface area contributed by atoms with Gasteiger partial charge in [-0.2, -0.15) is 0 Å². The minimum atomic E-state index is -0.389. The van der Waals surface area contributed by atoms with Crippen molar-refractivity contribution in [2.24, 2.45) is 0 Å². The Bertz CT molecular complexity index is 1470. The maximum atomic E-state index is 14.9. The van der Waals surface area contributed by atoms with Crippen molar-refractivity contribution in [1.82, 2.24) is 30.2 Å². The molecular formula is C30H35FN8. The first-order valence-electron chi connectivity index (χ1n) is 14.1. The normalized spacial score (nSPS) is 16.7. The fourth-order valence-electron chi connectivity index (χ4n) is 5.53. The Morgan fingerprint density at radius 3 is 2.69 bits per heavy atom. The predicted molar refractivity (Wildman–Crippen MR) is 153 cm³/mol. The van der Waals surface area contributed by atoms with Crippen molar-refractivity contribution in [3.63, 3.8) is 0 Å². The maximum Gasteiger partial charge on any atom is 0.167 e. The SMILES string of the molecule is CCCC(C)c1cnc(Nc2cc(-c3nc(N4CCNCC4)c4c(C5CCC5)cncc4n3)ccn2)c(F)c1. The Hall–Kier alpha value is -3.72. The van der Waals surface area contributed by atoms with Crippen molar-refractivity contribution in [2.75, 3.05) is 36.4 Å². The number of halogens is 1. The summed E-state index contributed by atoms with van der Waals surface area (Å²) in [6, 6.07) is 5.30. The molecule has 1 aliphatic carbocycles. The molecular weight excluding hydrogens is 491 g/mol. The molecule has 0 radical (unpaired) electrons. The van der Waals surface area contributed by atoms with E-state index in [0.29, 0.717) is 17.6 Å². The van der Waals surface area contributed by atoms with E-state index in [4.69, 9.17) is 9.97 Å². The molecule has 39 heavy (non-hydrogen) atoms. The summed E-state index contributed by atoms with van der Waals surface area (Å²) in [5.74, 6) is 2.61. The Balaban J connectivity index is 1.35. The van der Waals surface area contributed by atoms with E-state index < -0.39 is 0 Å². The molecule has 1 saturated carbocycles. The monoisotopic (exact) mass is 526 g/mol. The van der Waals surface area contributed by atoms with Crippen molar-refractivity contribution in [3.05, 3.63) is 59.9 Å². The Morgan fingerprint density at radius 1 is 1.10 bits per heavy atom. The quantitative estimate of drug-likeness (QED) is 0.291. The molecule has 2 aliphatic rings. The highest BCUT2D eigenvalue weighted by molar-refractivity contribution is 5.94. The fraction of sp³-hybridized carbons (Fsp3) is 0.433. The molecule has 2 N–H and O–H groups in total. The number of nitrogens with zero attached hydrogens (tertiary/aromatic N) is 6. The molecule has 0 aromatic carbocycles. The summed E-state index contributed by atoms with van der Waals surface area (Å²) in [4.78, 5) is 25.8. The summed E-state index contributed by atoms with van der Waals surface area (Å²) < 4.78 is 14.9. The minimum absolute atomic E-state index is 0.155. The Kier molecular flexibility index (Phi) is 7.32. The molecule has 5 heterocycles. The van der Waals surface area contributed by atoms with E-state index in [9.17, 15) is 4.39 Å². The Labute approximate surface area is 228 Å². The fourth-order valence-corrected chi connectivity index (χ4v) is 5.53. The van der Waals surface area contributed by atoms with Gasteiger partial charge in [0.25, 0.3) is 0 Å². The number of piperazine rings is 1. The summed E-state index contributed by atoms with van der Waals surface area (Å²) in [5.41, 5.74) is 3.82. The molecule has 4 aromatic rings. The number of aromatic nitrogens is 5. The van der Waals surface area contributed by atoms with E-state index in [1.165, 1.54) is 24.8 Å². The van der Waals surface area contributed by atoms with Gasteiger partial charge in [-0.05, 0) is 60.4 Å². The van der Waals surface area contributed by atoms with Gasteiger partial charge in [0.2, 0.25) is 0 Å². The average molecular weight is 527 g/mol. The molecule has 9 heteroatoms. The van der Waals surface area contributed by atoms with Crippen LogP contribution in [0.5, 0.6) is 0 Å². The number of hydrogen-bond donors (Lipinski definition) is 2. The van der Waals surface area contributed by atoms with Crippen LogP contribution in [0.3, 0.4) is 0 Å². The largest absolute Gasteiger partial charge is 0.353 e. The smallest absolute Gasteiger partial charge is 0.167 e. The van der Waals surface area contributed by atoms with Crippen LogP contribution in [0.25, 0.3) is 22.3 Å². The van der Waals surface area contributed by atoms with E-state index in [0.717, 1.165) is 66.9 Å². The highest BCUT2D eigenvalue weighted by Crippen LogP contribution is 2.42. The van der Waals surface area contributed by atoms with Gasteiger partial charge in [0.1, 0.15) is 11.6 Å². The Morgan fingerprint density at radius 2 is 1.95 bits per heavy atom. The van der Waals surface area contributed by atoms with Gasteiger partial charge in [0.15, 0.2) is 17.5 Å². The second kappa shape index (κ2) is 11.2. The van der Waals surface area contributed by atoms with Crippen LogP contribution in [0.1, 0.15) is 68.9 Å². The zero-order valence-corrected chi connectivity index (χ0v) is 22.6. The van der Waals surface area contributed by atoms with Crippen molar-refractivity contribution >= 4 is 28.4 Å². The molecule has 0 bridgehead atoms. The van der Waals surface area contributed by atoms with Crippen molar-refractivity contribution in [3.8, 4) is 11.4 Å². The summed E-state index contributed by atoms with van der Waals surface area (Å²) in [7, 11) is 0. The number of rotatable bonds is 8. The first kappa shape index (κ1) is 25.6. The molecule has 1 saturated heterocycles. The van der Waals surface area contributed by atoms with Gasteiger partial charge in [-0.3, -0.25) is 4.98 Å². The van der Waals surface area contributed by atoms with E-state index in [1.54, 1.807) is 18.5 Å². The molecule has 0 amide bonds. The summed E-state index contributed by atoms with van der Waals surface area (Å²) in [6.07, 6.45) is 13.0. The van der Waals surface area contributed by atoms with Crippen LogP contribution in [-0.4, -0.2) is 51.1 Å². The van der Waals surface area contributed by atoms with E-state index in [-0.39, 0.29) is 17.6 Å². The summed E-state index contributed by atoms with van der Waals surface area (Å²) in [6.45, 7) is 7.84. The van der Waals surface area contributed by atoms with Gasteiger partial charge in [-0.15, -0.1) is 0 Å². The van der Waals surface area contributed by atoms with Gasteiger partial charge in [0.05, 0.1) is 11.7 Å². The topological polar surface area (TPSA) is 91.8 Å². The molecule has 1 aliphatic heterocycles. The number of hydrogen-bond acceptors (Lipinski definition) is 8. The lowest BCUT2D eigenvalue weighted by molar-refractivity contribution is 0.421. The zero-order chi connectivity index (χ0) is 26.8. The second-order valence-electron chi connectivity index (χ2n) is 10.7. The maximum absolute atomic E-state index is 14.9. The molecule has 0 spiro atoms. The number of nitrogens with one attached hydrogen (secondary N) is 2. The van der Waals surface area contributed by atoms with Crippen LogP contribution in [0, 0.1) is 5.82 Å². The van der Waals surface area contributed by atoms with Crippen LogP contribution in [0.4, 0.5) is 21.8 Å². The standard InChI is InChI=1S/C30H35FN8/c1-3-5-19(2)22-14-24(31)29(35-16-22)37-26-15-21(8-9-34-26)28-36-25-18-33-17-23(20-6-4-7-20)27(25)30(38-28)39-12-10-32-11-13-39/h8-9,14-20,32H,3-7,10-13H2,1-2H3,(H,34,35,37). The summed E-state index contributed by atoms with van der Waals surface area (Å²) >= 11 is 0. The molecule has 8 nitrogen and oxygen atoms in total. The highest BCUT2D eigenvalue weighted by Gasteiger charge is 2.26. The number of fused-ring (bicyclic) bond motifs is 1. The number of pyridine rings is 3. The van der Waals surface area contributed by atoms with E-state index in [1.807, 2.05) is 24.5 Å². The first-order chi connectivity index (χ1) is 19.1. The molecule has 1 unspecified atom stereocenters. The van der Waals surface area contributed by atoms with Gasteiger partial charge in [-0.25, -0.2) is 24.3 Å². The molecule has 1 atom stereocenters. The molecule has 2 fully saturated rings. The van der Waals surface area contributed by atoms with E-state index in [2.05, 4.69) is 44.3 Å². The van der Waals surface area contributed by atoms with Crippen LogP contribution in [0.15, 0.2) is 43.0 Å². The second-order valence-corrected chi connectivity index (χ2v) is 10.7. The lowest BCUT2D eigenvalue weighted by Crippen LogP contribution is -2.44. The minimum Gasteiger partial charge on any atom is -0.353 e. The third-order valence-electron chi connectivity index (χ3n) is 8.00. The molecule has 6 rings (SSSR count). The first-order valence-corrected chi connectivity index (χ1v) is 14.1. The average Bonchev–Trinajstić information content (AvgIpc) is 2.93. The highest BCUT2D eigenvalue weighted by atomic mass is 19.1. The van der Waals surface area contributed by atoms with Crippen molar-refractivity contribution < 1.29 is 4.39 Å². The van der Waals surface area contributed by atoms with Gasteiger partial charge >= 0.3 is 0 Å². The van der Waals surface area contributed by atoms with Gasteiger partial charge < -0.3 is 15.5 Å². The van der Waals surface area contributed by atoms with Crippen LogP contribution >= 0.6 is 0 Å². The third kappa shape index (κ3) is 5.28. The lowest BCUT2D eigenvalue weighted by atomic mass is 9.79. The van der Waals surface area contributed by atoms with Gasteiger partial charge in [-0.1, -0.05) is 26.7 Å². The van der Waals surface area contributed by atoms with Gasteiger partial charge in [0, 0.05) is 55.7 Å². The molecule has 4 aromatic heterocycles. The van der Waals surface area contributed by atoms with Crippen LogP contribution in [0.2, 0.25) is 0 Å². The van der Waals surface area contributed by atoms with E-state index >= 15 is 0 Å². The molecule has 202 valence electrons. The van der Waals surface area contributed by atoms with Crippen LogP contribution < -0.4 is 15.5 Å². The van der Waals surface area contributed by atoms with Crippen molar-refractivity contribution in [1.29, 1.82) is 0 Å². The van der Waals surface area contributed by atoms with Crippen molar-refractivity contribution in [2.45, 2.75) is 57.8 Å².